The average molecular weight is 553 g/mol. The van der Waals surface area contributed by atoms with Crippen molar-refractivity contribution in [3.05, 3.63) is 23.3 Å². The van der Waals surface area contributed by atoms with Gasteiger partial charge in [-0.2, -0.15) is 11.8 Å². The van der Waals surface area contributed by atoms with E-state index in [0.717, 1.165) is 36.2 Å². The number of allylic oxidation sites excluding steroid dienone is 3. The Bertz CT molecular complexity index is 905. The van der Waals surface area contributed by atoms with Crippen molar-refractivity contribution < 1.29 is 42.2 Å². The second-order valence-electron chi connectivity index (χ2n) is 8.84. The SMILES string of the molecule is C/C(=C\COP(=O)([O-])OP(=O)([O-])O)CC/C=C(\C)CCC(=O)CCCC[C@@H]1SC[C@@H]2NC(=O)N[C@@H]21. The number of carbonyl (C=O) groups is 2. The van der Waals surface area contributed by atoms with Gasteiger partial charge in [0.25, 0.3) is 15.6 Å². The van der Waals surface area contributed by atoms with E-state index in [1.165, 1.54) is 6.08 Å². The summed E-state index contributed by atoms with van der Waals surface area (Å²) in [6, 6.07) is 0.352. The molecule has 35 heavy (non-hydrogen) atoms. The first-order valence-corrected chi connectivity index (χ1v) is 15.6. The number of nitrogens with one attached hydrogen (secondary N) is 2. The smallest absolute Gasteiger partial charge is 0.315 e. The monoisotopic (exact) mass is 552 g/mol. The number of phosphoric ester groups is 1. The summed E-state index contributed by atoms with van der Waals surface area (Å²) >= 11 is 1.88. The number of thioether (sulfide) groups is 1. The number of fused-ring (bicyclic) bond motifs is 1. The number of hydrogen-bond acceptors (Lipinski definition) is 9. The van der Waals surface area contributed by atoms with E-state index in [9.17, 15) is 28.5 Å². The fourth-order valence-electron chi connectivity index (χ4n) is 3.94. The Morgan fingerprint density at radius 2 is 1.83 bits per heavy atom. The number of hydrogen-bond donors (Lipinski definition) is 3. The van der Waals surface area contributed by atoms with Crippen LogP contribution in [0.1, 0.15) is 65.2 Å². The van der Waals surface area contributed by atoms with Gasteiger partial charge in [0.1, 0.15) is 5.78 Å². The molecule has 2 unspecified atom stereocenters. The van der Waals surface area contributed by atoms with Gasteiger partial charge in [-0.25, -0.2) is 9.11 Å². The van der Waals surface area contributed by atoms with Crippen molar-refractivity contribution in [1.82, 2.24) is 10.6 Å². The molecule has 5 atom stereocenters. The second kappa shape index (κ2) is 14.1. The van der Waals surface area contributed by atoms with Gasteiger partial charge in [-0.1, -0.05) is 29.7 Å². The fraction of sp³-hybridized carbons (Fsp3) is 0.714. The van der Waals surface area contributed by atoms with Gasteiger partial charge >= 0.3 is 6.03 Å². The van der Waals surface area contributed by atoms with Gasteiger partial charge in [-0.05, 0) is 46.0 Å². The van der Waals surface area contributed by atoms with E-state index in [0.29, 0.717) is 37.4 Å². The van der Waals surface area contributed by atoms with Crippen LogP contribution in [0.3, 0.4) is 0 Å². The molecular weight excluding hydrogens is 518 g/mol. The van der Waals surface area contributed by atoms with Crippen LogP contribution in [0.15, 0.2) is 23.3 Å². The first-order valence-electron chi connectivity index (χ1n) is 11.6. The van der Waals surface area contributed by atoms with Gasteiger partial charge in [0.05, 0.1) is 18.7 Å². The molecule has 2 rings (SSSR count). The van der Waals surface area contributed by atoms with Crippen LogP contribution < -0.4 is 20.4 Å². The molecule has 14 heteroatoms. The number of rotatable bonds is 16. The quantitative estimate of drug-likeness (QED) is 0.112. The van der Waals surface area contributed by atoms with Crippen LogP contribution in [0.25, 0.3) is 0 Å². The molecule has 2 heterocycles. The summed E-state index contributed by atoms with van der Waals surface area (Å²) in [5.41, 5.74) is 1.94. The maximum atomic E-state index is 12.2. The van der Waals surface area contributed by atoms with Crippen molar-refractivity contribution in [2.45, 2.75) is 82.5 Å². The minimum absolute atomic E-state index is 0.0797. The zero-order valence-electron chi connectivity index (χ0n) is 20.0. The lowest BCUT2D eigenvalue weighted by Gasteiger charge is -2.26. The lowest BCUT2D eigenvalue weighted by Crippen LogP contribution is -2.36. The molecule has 2 saturated heterocycles. The Hall–Kier alpha value is -0.970. The van der Waals surface area contributed by atoms with Gasteiger partial charge in [0.2, 0.25) is 0 Å². The third kappa shape index (κ3) is 12.2. The number of urea groups is 1. The molecule has 2 aliphatic rings. The van der Waals surface area contributed by atoms with E-state index in [-0.39, 0.29) is 23.9 Å². The Kier molecular flexibility index (Phi) is 12.2. The number of phosphoric acid groups is 2. The molecule has 0 saturated carbocycles. The van der Waals surface area contributed by atoms with Crippen molar-refractivity contribution in [3.63, 3.8) is 0 Å². The first-order chi connectivity index (χ1) is 16.3. The van der Waals surface area contributed by atoms with Crippen molar-refractivity contribution in [1.29, 1.82) is 0 Å². The van der Waals surface area contributed by atoms with Crippen LogP contribution in [0, 0.1) is 0 Å². The predicted octanol–water partition coefficient (Wildman–Crippen LogP) is 2.70. The van der Waals surface area contributed by atoms with Gasteiger partial charge in [-0.3, -0.25) is 13.9 Å². The molecule has 0 bridgehead atoms. The molecule has 3 N–H and O–H groups in total. The summed E-state index contributed by atoms with van der Waals surface area (Å²) in [4.78, 5) is 53.7. The van der Waals surface area contributed by atoms with E-state index in [4.69, 9.17) is 4.89 Å². The highest BCUT2D eigenvalue weighted by Crippen LogP contribution is 2.52. The highest BCUT2D eigenvalue weighted by Gasteiger charge is 2.42. The Balaban J connectivity index is 1.55. The van der Waals surface area contributed by atoms with Crippen LogP contribution in [-0.2, 0) is 22.8 Å². The van der Waals surface area contributed by atoms with Crippen LogP contribution in [-0.4, -0.2) is 46.4 Å². The normalized spacial score (nSPS) is 26.0. The van der Waals surface area contributed by atoms with Gasteiger partial charge < -0.3 is 29.8 Å². The largest absolute Gasteiger partial charge is 0.756 e. The summed E-state index contributed by atoms with van der Waals surface area (Å²) in [5, 5.41) is 6.33. The maximum Gasteiger partial charge on any atom is 0.315 e. The lowest BCUT2D eigenvalue weighted by molar-refractivity contribution is -0.240. The topological polar surface area (TPSA) is 177 Å². The maximum absolute atomic E-state index is 12.2. The number of unbranched alkanes of at least 4 members (excludes halogenated alkanes) is 1. The molecule has 0 aromatic heterocycles. The summed E-state index contributed by atoms with van der Waals surface area (Å²) in [7, 11) is -10.6. The second-order valence-corrected chi connectivity index (χ2v) is 12.9. The Morgan fingerprint density at radius 3 is 2.54 bits per heavy atom. The molecule has 0 aromatic carbocycles. The zero-order chi connectivity index (χ0) is 26.1. The molecule has 0 aliphatic carbocycles. The molecule has 2 amide bonds. The van der Waals surface area contributed by atoms with Crippen molar-refractivity contribution in [2.75, 3.05) is 12.4 Å². The highest BCUT2D eigenvalue weighted by atomic mass is 32.2. The molecule has 0 radical (unpaired) electrons. The summed E-state index contributed by atoms with van der Waals surface area (Å²) in [5.74, 6) is 1.18. The van der Waals surface area contributed by atoms with E-state index in [1.807, 2.05) is 24.8 Å². The third-order valence-electron chi connectivity index (χ3n) is 5.83. The summed E-state index contributed by atoms with van der Waals surface area (Å²) in [6.45, 7) is 3.34. The van der Waals surface area contributed by atoms with Crippen molar-refractivity contribution in [3.8, 4) is 0 Å². The molecule has 0 aromatic rings. The summed E-state index contributed by atoms with van der Waals surface area (Å²) in [6.07, 6.45) is 9.43. The molecule has 2 fully saturated rings. The van der Waals surface area contributed by atoms with E-state index in [1.54, 1.807) is 6.92 Å². The van der Waals surface area contributed by atoms with Crippen LogP contribution in [0.4, 0.5) is 4.79 Å². The lowest BCUT2D eigenvalue weighted by atomic mass is 10.0. The molecule has 0 spiro atoms. The molecule has 11 nitrogen and oxygen atoms in total. The van der Waals surface area contributed by atoms with E-state index >= 15 is 0 Å². The Labute approximate surface area is 210 Å². The van der Waals surface area contributed by atoms with E-state index in [2.05, 4.69) is 19.5 Å². The number of carbonyl (C=O) groups excluding carboxylic acids is 2. The standard InChI is InChI=1S/C21H36N2O9P2S/c1-15(6-5-7-16(2)12-13-31-34(29,30)32-33(26,27)28)10-11-17(24)8-3-4-9-19-20-18(14-35-19)22-21(25)23-20/h6,12,18-20H,3-5,7-11,13-14H2,1-2H3,(H,29,30)(H2,22,23,25)(H2,26,27,28)/p-2/b15-6+,16-12+/t18-,19-,20-/m0/s1. The average Bonchev–Trinajstić information content (AvgIpc) is 3.27. The first kappa shape index (κ1) is 30.3. The minimum atomic E-state index is -5.43. The van der Waals surface area contributed by atoms with Crippen LogP contribution in [0.5, 0.6) is 0 Å². The Morgan fingerprint density at radius 1 is 1.11 bits per heavy atom. The molecular formula is C21H34N2O9P2S-2. The van der Waals surface area contributed by atoms with Crippen molar-refractivity contribution in [2.24, 2.45) is 0 Å². The third-order valence-corrected chi connectivity index (χ3v) is 9.43. The minimum Gasteiger partial charge on any atom is -0.756 e. The molecule has 2 aliphatic heterocycles. The number of amides is 2. The predicted molar refractivity (Wildman–Crippen MR) is 129 cm³/mol. The van der Waals surface area contributed by atoms with Gasteiger partial charge in [-0.15, -0.1) is 0 Å². The van der Waals surface area contributed by atoms with Crippen molar-refractivity contribution >= 4 is 39.2 Å². The fourth-order valence-corrected chi connectivity index (χ4v) is 6.94. The molecule has 200 valence electrons. The van der Waals surface area contributed by atoms with Gasteiger partial charge in [0.15, 0.2) is 0 Å². The van der Waals surface area contributed by atoms with Crippen LogP contribution >= 0.6 is 27.4 Å². The summed E-state index contributed by atoms with van der Waals surface area (Å²) < 4.78 is 29.5. The van der Waals surface area contributed by atoms with Gasteiger partial charge in [0, 0.05) is 23.8 Å². The highest BCUT2D eigenvalue weighted by molar-refractivity contribution is 8.00. The zero-order valence-corrected chi connectivity index (χ0v) is 22.6. The number of ketones is 1. The van der Waals surface area contributed by atoms with E-state index < -0.39 is 22.3 Å². The van der Waals surface area contributed by atoms with Crippen LogP contribution in [0.2, 0.25) is 0 Å². The number of Topliss-reactive ketones (excluding diaryl/α,β-unsaturated/α-hetero) is 1.